The second-order valence-corrected chi connectivity index (χ2v) is 4.20. The number of carboxylic acid groups (broad SMARTS) is 1. The third-order valence-electron chi connectivity index (χ3n) is 2.88. The minimum Gasteiger partial charge on any atom is -0.486 e. The monoisotopic (exact) mass is 293 g/mol. The van der Waals surface area contributed by atoms with Gasteiger partial charge >= 0.3 is 5.97 Å². The summed E-state index contributed by atoms with van der Waals surface area (Å²) in [6.45, 7) is -0.193. The molecule has 1 aromatic carbocycles. The Morgan fingerprint density at radius 1 is 1.48 bits per heavy atom. The van der Waals surface area contributed by atoms with Crippen molar-refractivity contribution in [3.8, 4) is 5.75 Å². The Morgan fingerprint density at radius 2 is 2.19 bits per heavy atom. The van der Waals surface area contributed by atoms with Gasteiger partial charge in [-0.05, 0) is 12.1 Å². The first-order chi connectivity index (χ1) is 9.91. The molecule has 0 unspecified atom stereocenters. The normalized spacial score (nSPS) is 10.4. The highest BCUT2D eigenvalue weighted by molar-refractivity contribution is 5.95. The zero-order valence-electron chi connectivity index (χ0n) is 11.0. The van der Waals surface area contributed by atoms with Crippen molar-refractivity contribution in [2.75, 3.05) is 0 Å². The highest BCUT2D eigenvalue weighted by Crippen LogP contribution is 2.22. The lowest BCUT2D eigenvalue weighted by atomic mass is 10.2. The molecule has 3 N–H and O–H groups in total. The molecule has 8 heteroatoms. The van der Waals surface area contributed by atoms with E-state index in [0.29, 0.717) is 0 Å². The number of benzene rings is 1. The van der Waals surface area contributed by atoms with Gasteiger partial charge in [-0.25, -0.2) is 9.18 Å². The van der Waals surface area contributed by atoms with Gasteiger partial charge in [-0.1, -0.05) is 6.07 Å². The van der Waals surface area contributed by atoms with E-state index < -0.39 is 17.7 Å². The molecule has 2 rings (SSSR count). The summed E-state index contributed by atoms with van der Waals surface area (Å²) in [4.78, 5) is 22.3. The lowest BCUT2D eigenvalue weighted by Crippen LogP contribution is -2.16. The fourth-order valence-corrected chi connectivity index (χ4v) is 1.82. The van der Waals surface area contributed by atoms with Gasteiger partial charge in [0, 0.05) is 7.05 Å². The predicted octanol–water partition coefficient (Wildman–Crippen LogP) is 0.935. The summed E-state index contributed by atoms with van der Waals surface area (Å²) in [6, 6.07) is 3.82. The molecule has 0 radical (unpaired) electrons. The summed E-state index contributed by atoms with van der Waals surface area (Å²) >= 11 is 0. The molecule has 0 atom stereocenters. The van der Waals surface area contributed by atoms with Crippen molar-refractivity contribution < 1.29 is 23.8 Å². The molecule has 0 aliphatic heterocycles. The van der Waals surface area contributed by atoms with E-state index >= 15 is 0 Å². The maximum Gasteiger partial charge on any atom is 0.339 e. The average molecular weight is 293 g/mol. The van der Waals surface area contributed by atoms with Crippen LogP contribution in [0.4, 0.5) is 4.39 Å². The molecule has 1 heterocycles. The molecule has 1 amide bonds. The van der Waals surface area contributed by atoms with Gasteiger partial charge in [-0.3, -0.25) is 9.48 Å². The zero-order chi connectivity index (χ0) is 15.6. The first-order valence-electron chi connectivity index (χ1n) is 5.87. The summed E-state index contributed by atoms with van der Waals surface area (Å²) in [5.74, 6) is -2.98. The molecule has 0 fully saturated rings. The number of aromatic nitrogens is 2. The molecular formula is C13H12FN3O4. The number of hydrogen-bond acceptors (Lipinski definition) is 4. The predicted molar refractivity (Wildman–Crippen MR) is 69.4 cm³/mol. The number of amides is 1. The van der Waals surface area contributed by atoms with E-state index in [4.69, 9.17) is 15.6 Å². The van der Waals surface area contributed by atoms with Gasteiger partial charge in [0.25, 0.3) is 5.91 Å². The molecule has 1 aromatic heterocycles. The van der Waals surface area contributed by atoms with Crippen LogP contribution in [-0.2, 0) is 13.7 Å². The van der Waals surface area contributed by atoms with Crippen molar-refractivity contribution in [1.82, 2.24) is 9.78 Å². The van der Waals surface area contributed by atoms with Crippen LogP contribution in [0.2, 0.25) is 0 Å². The first kappa shape index (κ1) is 14.5. The van der Waals surface area contributed by atoms with Crippen LogP contribution in [0.25, 0.3) is 0 Å². The lowest BCUT2D eigenvalue weighted by molar-refractivity contribution is 0.0693. The number of aromatic carboxylic acids is 1. The van der Waals surface area contributed by atoms with E-state index in [2.05, 4.69) is 5.10 Å². The molecule has 0 bridgehead atoms. The fourth-order valence-electron chi connectivity index (χ4n) is 1.82. The average Bonchev–Trinajstić information content (AvgIpc) is 2.77. The second kappa shape index (κ2) is 5.61. The summed E-state index contributed by atoms with van der Waals surface area (Å²) in [5.41, 5.74) is 4.97. The van der Waals surface area contributed by atoms with Crippen LogP contribution in [0.15, 0.2) is 24.4 Å². The Labute approximate surface area is 118 Å². The third kappa shape index (κ3) is 2.83. The minimum atomic E-state index is -1.16. The topological polar surface area (TPSA) is 107 Å². The fraction of sp³-hybridized carbons (Fsp3) is 0.154. The van der Waals surface area contributed by atoms with E-state index in [1.54, 1.807) is 7.05 Å². The Kier molecular flexibility index (Phi) is 3.88. The van der Waals surface area contributed by atoms with Crippen molar-refractivity contribution in [1.29, 1.82) is 0 Å². The number of primary amides is 1. The van der Waals surface area contributed by atoms with E-state index in [1.165, 1.54) is 23.0 Å². The van der Waals surface area contributed by atoms with Gasteiger partial charge in [0.1, 0.15) is 29.3 Å². The molecular weight excluding hydrogens is 281 g/mol. The molecule has 21 heavy (non-hydrogen) atoms. The van der Waals surface area contributed by atoms with Crippen LogP contribution < -0.4 is 10.5 Å². The maximum atomic E-state index is 13.6. The highest BCUT2D eigenvalue weighted by Gasteiger charge is 2.18. The van der Waals surface area contributed by atoms with E-state index in [0.717, 1.165) is 6.07 Å². The van der Waals surface area contributed by atoms with Crippen molar-refractivity contribution in [2.45, 2.75) is 6.61 Å². The molecule has 0 aliphatic carbocycles. The zero-order valence-corrected chi connectivity index (χ0v) is 11.0. The minimum absolute atomic E-state index is 0.0328. The highest BCUT2D eigenvalue weighted by atomic mass is 19.1. The van der Waals surface area contributed by atoms with Crippen LogP contribution >= 0.6 is 0 Å². The van der Waals surface area contributed by atoms with Gasteiger partial charge in [0.2, 0.25) is 0 Å². The number of nitrogens with zero attached hydrogens (tertiary/aromatic N) is 2. The molecule has 110 valence electrons. The van der Waals surface area contributed by atoms with Gasteiger partial charge in [-0.15, -0.1) is 0 Å². The van der Waals surface area contributed by atoms with Gasteiger partial charge in [-0.2, -0.15) is 5.10 Å². The number of ether oxygens (including phenoxy) is 1. The number of nitrogens with two attached hydrogens (primary N) is 1. The maximum absolute atomic E-state index is 13.6. The van der Waals surface area contributed by atoms with Crippen molar-refractivity contribution in [2.24, 2.45) is 12.8 Å². The summed E-state index contributed by atoms with van der Waals surface area (Å²) in [6.07, 6.45) is 1.18. The SMILES string of the molecule is Cn1ncc(C(=O)O)c1COc1cccc(F)c1C(N)=O. The molecule has 0 saturated heterocycles. The van der Waals surface area contributed by atoms with Crippen LogP contribution in [-0.4, -0.2) is 26.8 Å². The number of carbonyl (C=O) groups is 2. The quantitative estimate of drug-likeness (QED) is 0.852. The molecule has 2 aromatic rings. The number of rotatable bonds is 5. The van der Waals surface area contributed by atoms with E-state index in [-0.39, 0.29) is 29.2 Å². The summed E-state index contributed by atoms with van der Waals surface area (Å²) < 4.78 is 20.2. The summed E-state index contributed by atoms with van der Waals surface area (Å²) in [5, 5.41) is 12.8. The Hall–Kier alpha value is -2.90. The van der Waals surface area contributed by atoms with Crippen molar-refractivity contribution in [3.63, 3.8) is 0 Å². The molecule has 0 spiro atoms. The number of carbonyl (C=O) groups excluding carboxylic acids is 1. The Balaban J connectivity index is 2.29. The van der Waals surface area contributed by atoms with Crippen LogP contribution in [0.3, 0.4) is 0 Å². The molecule has 0 aliphatic rings. The van der Waals surface area contributed by atoms with E-state index in [1.807, 2.05) is 0 Å². The van der Waals surface area contributed by atoms with Crippen LogP contribution in [0.1, 0.15) is 26.4 Å². The van der Waals surface area contributed by atoms with Gasteiger partial charge < -0.3 is 15.6 Å². The molecule has 7 nitrogen and oxygen atoms in total. The number of carboxylic acids is 1. The first-order valence-corrected chi connectivity index (χ1v) is 5.87. The van der Waals surface area contributed by atoms with E-state index in [9.17, 15) is 14.0 Å². The lowest BCUT2D eigenvalue weighted by Gasteiger charge is -2.11. The molecule has 0 saturated carbocycles. The number of halogens is 1. The van der Waals surface area contributed by atoms with Crippen LogP contribution in [0, 0.1) is 5.82 Å². The Bertz CT molecular complexity index is 711. The van der Waals surface area contributed by atoms with Gasteiger partial charge in [0.15, 0.2) is 0 Å². The van der Waals surface area contributed by atoms with Crippen LogP contribution in [0.5, 0.6) is 5.75 Å². The summed E-state index contributed by atoms with van der Waals surface area (Å²) in [7, 11) is 1.55. The smallest absolute Gasteiger partial charge is 0.339 e. The Morgan fingerprint density at radius 3 is 2.81 bits per heavy atom. The van der Waals surface area contributed by atoms with Crippen molar-refractivity contribution >= 4 is 11.9 Å². The van der Waals surface area contributed by atoms with Crippen molar-refractivity contribution in [3.05, 3.63) is 47.0 Å². The number of aryl methyl sites for hydroxylation is 1. The van der Waals surface area contributed by atoms with Gasteiger partial charge in [0.05, 0.1) is 11.9 Å². The standard InChI is InChI=1S/C13H12FN3O4/c1-17-9(7(5-16-17)13(19)20)6-21-10-4-2-3-8(14)11(10)12(15)18/h2-5H,6H2,1H3,(H2,15,18)(H,19,20). The largest absolute Gasteiger partial charge is 0.486 e. The number of hydrogen-bond donors (Lipinski definition) is 2. The second-order valence-electron chi connectivity index (χ2n) is 4.20. The third-order valence-corrected chi connectivity index (χ3v) is 2.88.